The molecule has 1 N–H and O–H groups in total. The average Bonchev–Trinajstić information content (AvgIpc) is 3.16. The van der Waals surface area contributed by atoms with Gasteiger partial charge in [-0.3, -0.25) is 4.79 Å². The van der Waals surface area contributed by atoms with Crippen molar-refractivity contribution >= 4 is 34.1 Å². The number of aromatic nitrogens is 4. The maximum atomic E-state index is 12.8. The Balaban J connectivity index is 1.52. The standard InChI is InChI=1S/C21H19N5OS/c1-14-7-5-10-17(13-14)26-21(23-24-25-26)28-15(2)20(27)22-19-12-6-9-16-8-3-4-11-18(16)19/h3-13,15H,1-2H3,(H,22,27). The summed E-state index contributed by atoms with van der Waals surface area (Å²) in [7, 11) is 0. The molecule has 0 aliphatic heterocycles. The number of aryl methyl sites for hydroxylation is 1. The Morgan fingerprint density at radius 1 is 1.07 bits per heavy atom. The van der Waals surface area contributed by atoms with Crippen LogP contribution in [0.25, 0.3) is 16.5 Å². The summed E-state index contributed by atoms with van der Waals surface area (Å²) in [5, 5.41) is 17.3. The Hall–Kier alpha value is -3.19. The summed E-state index contributed by atoms with van der Waals surface area (Å²) in [6.07, 6.45) is 0. The number of benzene rings is 3. The van der Waals surface area contributed by atoms with Gasteiger partial charge in [0.1, 0.15) is 0 Å². The van der Waals surface area contributed by atoms with Crippen LogP contribution in [0.2, 0.25) is 0 Å². The number of tetrazole rings is 1. The number of nitrogens with one attached hydrogen (secondary N) is 1. The monoisotopic (exact) mass is 389 g/mol. The molecule has 0 radical (unpaired) electrons. The highest BCUT2D eigenvalue weighted by molar-refractivity contribution is 8.00. The van der Waals surface area contributed by atoms with Crippen molar-refractivity contribution in [2.24, 2.45) is 0 Å². The highest BCUT2D eigenvalue weighted by Gasteiger charge is 2.20. The molecule has 0 bridgehead atoms. The zero-order valence-corrected chi connectivity index (χ0v) is 16.4. The highest BCUT2D eigenvalue weighted by atomic mass is 32.2. The smallest absolute Gasteiger partial charge is 0.237 e. The third-order valence-electron chi connectivity index (χ3n) is 4.39. The van der Waals surface area contributed by atoms with Crippen molar-refractivity contribution < 1.29 is 4.79 Å². The number of hydrogen-bond acceptors (Lipinski definition) is 5. The van der Waals surface area contributed by atoms with E-state index in [9.17, 15) is 4.79 Å². The van der Waals surface area contributed by atoms with E-state index in [1.54, 1.807) is 4.68 Å². The van der Waals surface area contributed by atoms with Crippen molar-refractivity contribution in [2.45, 2.75) is 24.3 Å². The van der Waals surface area contributed by atoms with Gasteiger partial charge in [0.25, 0.3) is 0 Å². The summed E-state index contributed by atoms with van der Waals surface area (Å²) in [6.45, 7) is 3.86. The number of amides is 1. The van der Waals surface area contributed by atoms with Gasteiger partial charge in [0.2, 0.25) is 11.1 Å². The molecule has 7 heteroatoms. The van der Waals surface area contributed by atoms with Crippen LogP contribution in [-0.2, 0) is 4.79 Å². The van der Waals surface area contributed by atoms with Crippen LogP contribution in [0.15, 0.2) is 71.9 Å². The van der Waals surface area contributed by atoms with Crippen LogP contribution >= 0.6 is 11.8 Å². The predicted molar refractivity (Wildman–Crippen MR) is 112 cm³/mol. The normalized spacial score (nSPS) is 12.1. The van der Waals surface area contributed by atoms with Crippen molar-refractivity contribution in [1.82, 2.24) is 20.2 Å². The van der Waals surface area contributed by atoms with Crippen LogP contribution < -0.4 is 5.32 Å². The van der Waals surface area contributed by atoms with E-state index < -0.39 is 0 Å². The number of anilines is 1. The lowest BCUT2D eigenvalue weighted by molar-refractivity contribution is -0.115. The van der Waals surface area contributed by atoms with Crippen molar-refractivity contribution in [2.75, 3.05) is 5.32 Å². The Labute approximate surface area is 167 Å². The van der Waals surface area contributed by atoms with E-state index in [1.165, 1.54) is 11.8 Å². The number of carbonyl (C=O) groups excluding carboxylic acids is 1. The first kappa shape index (κ1) is 18.2. The van der Waals surface area contributed by atoms with E-state index in [0.717, 1.165) is 27.7 Å². The van der Waals surface area contributed by atoms with Crippen LogP contribution in [0.1, 0.15) is 12.5 Å². The molecule has 6 nitrogen and oxygen atoms in total. The SMILES string of the molecule is Cc1cccc(-n2nnnc2SC(C)C(=O)Nc2cccc3ccccc23)c1. The molecule has 0 fully saturated rings. The summed E-state index contributed by atoms with van der Waals surface area (Å²) in [5.74, 6) is -0.0971. The number of hydrogen-bond donors (Lipinski definition) is 1. The van der Waals surface area contributed by atoms with Gasteiger partial charge in [0, 0.05) is 11.1 Å². The molecular formula is C21H19N5OS. The first-order valence-electron chi connectivity index (χ1n) is 8.92. The average molecular weight is 389 g/mol. The van der Waals surface area contributed by atoms with Gasteiger partial charge in [-0.25, -0.2) is 0 Å². The number of fused-ring (bicyclic) bond motifs is 1. The Kier molecular flexibility index (Phi) is 5.08. The second-order valence-electron chi connectivity index (χ2n) is 6.49. The largest absolute Gasteiger partial charge is 0.325 e. The topological polar surface area (TPSA) is 72.7 Å². The van der Waals surface area contributed by atoms with Crippen molar-refractivity contribution in [1.29, 1.82) is 0 Å². The third kappa shape index (κ3) is 3.75. The Morgan fingerprint density at radius 3 is 2.71 bits per heavy atom. The number of carbonyl (C=O) groups is 1. The summed E-state index contributed by atoms with van der Waals surface area (Å²) in [6, 6.07) is 21.8. The summed E-state index contributed by atoms with van der Waals surface area (Å²) >= 11 is 1.33. The zero-order chi connectivity index (χ0) is 19.5. The van der Waals surface area contributed by atoms with Gasteiger partial charge in [0.05, 0.1) is 10.9 Å². The minimum absolute atomic E-state index is 0.0971. The van der Waals surface area contributed by atoms with E-state index in [4.69, 9.17) is 0 Å². The summed E-state index contributed by atoms with van der Waals surface area (Å²) in [4.78, 5) is 12.8. The molecule has 1 aromatic heterocycles. The van der Waals surface area contributed by atoms with Crippen LogP contribution in [0.3, 0.4) is 0 Å². The molecule has 0 aliphatic carbocycles. The van der Waals surface area contributed by atoms with E-state index >= 15 is 0 Å². The molecule has 3 aromatic carbocycles. The number of rotatable bonds is 5. The first-order chi connectivity index (χ1) is 13.6. The molecule has 4 rings (SSSR count). The van der Waals surface area contributed by atoms with E-state index in [-0.39, 0.29) is 11.2 Å². The molecule has 0 saturated carbocycles. The molecule has 140 valence electrons. The van der Waals surface area contributed by atoms with Gasteiger partial charge in [-0.15, -0.1) is 5.10 Å². The fourth-order valence-electron chi connectivity index (χ4n) is 2.95. The van der Waals surface area contributed by atoms with E-state index in [1.807, 2.05) is 80.6 Å². The van der Waals surface area contributed by atoms with E-state index in [2.05, 4.69) is 20.8 Å². The second-order valence-corrected chi connectivity index (χ2v) is 7.80. The summed E-state index contributed by atoms with van der Waals surface area (Å²) in [5.41, 5.74) is 2.79. The highest BCUT2D eigenvalue weighted by Crippen LogP contribution is 2.27. The van der Waals surface area contributed by atoms with Crippen LogP contribution in [0.5, 0.6) is 0 Å². The Bertz CT molecular complexity index is 1140. The van der Waals surface area contributed by atoms with Gasteiger partial charge in [-0.2, -0.15) is 4.68 Å². The third-order valence-corrected chi connectivity index (χ3v) is 5.42. The van der Waals surface area contributed by atoms with Crippen LogP contribution in [0.4, 0.5) is 5.69 Å². The lowest BCUT2D eigenvalue weighted by Crippen LogP contribution is -2.23. The second kappa shape index (κ2) is 7.82. The Morgan fingerprint density at radius 2 is 1.86 bits per heavy atom. The molecule has 28 heavy (non-hydrogen) atoms. The van der Waals surface area contributed by atoms with Gasteiger partial charge in [-0.05, 0) is 53.4 Å². The van der Waals surface area contributed by atoms with Gasteiger partial charge >= 0.3 is 0 Å². The maximum absolute atomic E-state index is 12.8. The minimum atomic E-state index is -0.367. The van der Waals surface area contributed by atoms with Gasteiger partial charge in [0.15, 0.2) is 0 Å². The molecule has 1 unspecified atom stereocenters. The molecule has 1 atom stereocenters. The van der Waals surface area contributed by atoms with Crippen molar-refractivity contribution in [3.63, 3.8) is 0 Å². The maximum Gasteiger partial charge on any atom is 0.237 e. The molecule has 0 saturated heterocycles. The fourth-order valence-corrected chi connectivity index (χ4v) is 3.76. The lowest BCUT2D eigenvalue weighted by Gasteiger charge is -2.13. The molecular weight excluding hydrogens is 370 g/mol. The molecule has 0 aliphatic rings. The zero-order valence-electron chi connectivity index (χ0n) is 15.5. The van der Waals surface area contributed by atoms with Crippen molar-refractivity contribution in [3.05, 3.63) is 72.3 Å². The van der Waals surface area contributed by atoms with Gasteiger partial charge in [-0.1, -0.05) is 60.3 Å². The fraction of sp³-hybridized carbons (Fsp3) is 0.143. The number of nitrogens with zero attached hydrogens (tertiary/aromatic N) is 4. The minimum Gasteiger partial charge on any atom is -0.325 e. The summed E-state index contributed by atoms with van der Waals surface area (Å²) < 4.78 is 1.65. The lowest BCUT2D eigenvalue weighted by atomic mass is 10.1. The molecule has 0 spiro atoms. The van der Waals surface area contributed by atoms with Crippen molar-refractivity contribution in [3.8, 4) is 5.69 Å². The molecule has 4 aromatic rings. The number of thioether (sulfide) groups is 1. The predicted octanol–water partition coefficient (Wildman–Crippen LogP) is 4.24. The molecule has 1 amide bonds. The quantitative estimate of drug-likeness (QED) is 0.517. The van der Waals surface area contributed by atoms with E-state index in [0.29, 0.717) is 5.16 Å². The van der Waals surface area contributed by atoms with Crippen LogP contribution in [-0.4, -0.2) is 31.4 Å². The molecule has 1 heterocycles. The van der Waals surface area contributed by atoms with Crippen LogP contribution in [0, 0.1) is 6.92 Å². The first-order valence-corrected chi connectivity index (χ1v) is 9.80. The van der Waals surface area contributed by atoms with Gasteiger partial charge < -0.3 is 5.32 Å².